The van der Waals surface area contributed by atoms with Gasteiger partial charge in [-0.25, -0.2) is 9.97 Å². The van der Waals surface area contributed by atoms with Gasteiger partial charge in [-0.2, -0.15) is 5.26 Å². The topological polar surface area (TPSA) is 191 Å². The molecule has 7 heterocycles. The number of carbonyl (C=O) groups excluding carboxylic acids is 4. The van der Waals surface area contributed by atoms with Gasteiger partial charge >= 0.3 is 0 Å². The lowest BCUT2D eigenvalue weighted by atomic mass is 9.86. The summed E-state index contributed by atoms with van der Waals surface area (Å²) in [6, 6.07) is 17.0. The number of hydrogen-bond donors (Lipinski definition) is 3. The molecule has 6 aromatic rings. The van der Waals surface area contributed by atoms with Crippen LogP contribution in [0.4, 0.5) is 11.4 Å². The fraction of sp³-hybridized carbons (Fsp3) is 0.356. The summed E-state index contributed by atoms with van der Waals surface area (Å²) in [6.45, 7) is 2.30. The highest BCUT2D eigenvalue weighted by Crippen LogP contribution is 2.42. The van der Waals surface area contributed by atoms with E-state index in [1.165, 1.54) is 0 Å². The van der Waals surface area contributed by atoms with Crippen LogP contribution in [0.1, 0.15) is 83.8 Å². The normalized spacial score (nSPS) is 20.9. The predicted molar refractivity (Wildman–Crippen MR) is 230 cm³/mol. The molecule has 3 N–H and O–H groups in total. The van der Waals surface area contributed by atoms with E-state index in [0.717, 1.165) is 100 Å². The zero-order valence-corrected chi connectivity index (χ0v) is 34.4. The van der Waals surface area contributed by atoms with Gasteiger partial charge in [0.25, 0.3) is 5.91 Å². The molecule has 4 aromatic heterocycles. The van der Waals surface area contributed by atoms with Gasteiger partial charge in [-0.05, 0) is 93.3 Å². The summed E-state index contributed by atoms with van der Waals surface area (Å²) >= 11 is 1.60. The van der Waals surface area contributed by atoms with Gasteiger partial charge < -0.3 is 10.6 Å². The molecule has 15 nitrogen and oxygen atoms in total. The molecule has 1 aliphatic carbocycles. The number of hydrogen-bond acceptors (Lipinski definition) is 12. The Labute approximate surface area is 355 Å². The van der Waals surface area contributed by atoms with Crippen LogP contribution < -0.4 is 20.9 Å². The van der Waals surface area contributed by atoms with Crippen molar-refractivity contribution in [1.82, 2.24) is 40.3 Å². The summed E-state index contributed by atoms with van der Waals surface area (Å²) < 4.78 is 1.90. The molecule has 308 valence electrons. The maximum Gasteiger partial charge on any atom is 0.259 e. The lowest BCUT2D eigenvalue weighted by Gasteiger charge is -2.34. The second-order valence-electron chi connectivity index (χ2n) is 16.4. The van der Waals surface area contributed by atoms with Crippen LogP contribution in [0.5, 0.6) is 0 Å². The van der Waals surface area contributed by atoms with E-state index in [4.69, 9.17) is 4.98 Å². The standard InChI is InChI=1S/C45H43N11O4S/c1-47-34-20-37(55-18-15-28-19-25(21-46)22-49-40(28)55)48-23-33(34)44-53-52-43(61-44)27-5-8-30(9-6-27)50-41(58)26-13-16-54(17-14-26)24-29-7-10-35-39-31(29)3-2-4-32(39)45(60)56(35)36-11-12-38(57)51-42(36)59/h2-4,7,10,15,18-20,22-23,26-27,30,36H,5-6,8-9,11-14,16-17,24H2,1H3,(H,47,48)(H,50,58)(H,51,57,59). The predicted octanol–water partition coefficient (Wildman–Crippen LogP) is 5.83. The maximum atomic E-state index is 13.6. The van der Waals surface area contributed by atoms with Gasteiger partial charge in [0.1, 0.15) is 28.6 Å². The van der Waals surface area contributed by atoms with E-state index in [1.807, 2.05) is 72.5 Å². The Balaban J connectivity index is 0.726. The number of nitrogens with one attached hydrogen (secondary N) is 3. The van der Waals surface area contributed by atoms with Gasteiger partial charge in [-0.3, -0.25) is 38.9 Å². The first-order chi connectivity index (χ1) is 29.8. The van der Waals surface area contributed by atoms with Gasteiger partial charge in [0.15, 0.2) is 5.01 Å². The van der Waals surface area contributed by atoms with Crippen LogP contribution in [0.2, 0.25) is 0 Å². The summed E-state index contributed by atoms with van der Waals surface area (Å²) in [5.41, 5.74) is 5.39. The monoisotopic (exact) mass is 833 g/mol. The number of pyridine rings is 2. The molecular weight excluding hydrogens is 791 g/mol. The Morgan fingerprint density at radius 3 is 2.57 bits per heavy atom. The first kappa shape index (κ1) is 38.6. The first-order valence-electron chi connectivity index (χ1n) is 20.9. The van der Waals surface area contributed by atoms with Crippen LogP contribution in [-0.2, 0) is 20.9 Å². The summed E-state index contributed by atoms with van der Waals surface area (Å²) in [5.74, 6) is 0.150. The van der Waals surface area contributed by atoms with Crippen molar-refractivity contribution in [2.75, 3.05) is 30.4 Å². The molecule has 10 rings (SSSR count). The molecule has 3 aliphatic heterocycles. The Kier molecular flexibility index (Phi) is 10.0. The molecule has 16 heteroatoms. The highest BCUT2D eigenvalue weighted by molar-refractivity contribution is 7.14. The van der Waals surface area contributed by atoms with Crippen LogP contribution >= 0.6 is 11.3 Å². The molecule has 3 fully saturated rings. The molecule has 4 amide bonds. The van der Waals surface area contributed by atoms with Crippen molar-refractivity contribution < 1.29 is 19.2 Å². The number of nitrogens with zero attached hydrogens (tertiary/aromatic N) is 8. The third kappa shape index (κ3) is 7.07. The van der Waals surface area contributed by atoms with Crippen molar-refractivity contribution in [3.8, 4) is 22.5 Å². The summed E-state index contributed by atoms with van der Waals surface area (Å²) in [6.07, 6.45) is 11.0. The second-order valence-corrected chi connectivity index (χ2v) is 17.4. The smallest absolute Gasteiger partial charge is 0.259 e. The summed E-state index contributed by atoms with van der Waals surface area (Å²) in [4.78, 5) is 64.8. The Morgan fingerprint density at radius 2 is 1.79 bits per heavy atom. The largest absolute Gasteiger partial charge is 0.387 e. The third-order valence-electron chi connectivity index (χ3n) is 12.8. The second kappa shape index (κ2) is 15.8. The number of likely N-dealkylation sites (tertiary alicyclic amines) is 1. The minimum absolute atomic E-state index is 0.0301. The van der Waals surface area contributed by atoms with Crippen LogP contribution in [-0.4, -0.2) is 85.5 Å². The van der Waals surface area contributed by atoms with Crippen LogP contribution in [0.3, 0.4) is 0 Å². The number of imide groups is 1. The van der Waals surface area contributed by atoms with Crippen molar-refractivity contribution in [2.24, 2.45) is 5.92 Å². The van der Waals surface area contributed by atoms with Gasteiger partial charge in [0.05, 0.1) is 16.8 Å². The molecule has 0 radical (unpaired) electrons. The number of benzene rings is 2. The third-order valence-corrected chi connectivity index (χ3v) is 14.0. The van der Waals surface area contributed by atoms with Crippen LogP contribution in [0.15, 0.2) is 67.1 Å². The molecule has 1 unspecified atom stereocenters. The van der Waals surface area contributed by atoms with Crippen LogP contribution in [0.25, 0.3) is 38.2 Å². The zero-order chi connectivity index (χ0) is 41.8. The van der Waals surface area contributed by atoms with Gasteiger partial charge in [0, 0.05) is 84.6 Å². The Bertz CT molecular complexity index is 2790. The van der Waals surface area contributed by atoms with E-state index >= 15 is 0 Å². The number of fused-ring (bicyclic) bond motifs is 1. The lowest BCUT2D eigenvalue weighted by Crippen LogP contribution is -2.53. The van der Waals surface area contributed by atoms with Crippen molar-refractivity contribution in [2.45, 2.75) is 75.9 Å². The minimum Gasteiger partial charge on any atom is -0.387 e. The van der Waals surface area contributed by atoms with Crippen molar-refractivity contribution in [3.05, 3.63) is 88.8 Å². The average molecular weight is 834 g/mol. The van der Waals surface area contributed by atoms with Crippen molar-refractivity contribution in [1.29, 1.82) is 5.26 Å². The summed E-state index contributed by atoms with van der Waals surface area (Å²) in [7, 11) is 1.87. The molecule has 0 spiro atoms. The number of aromatic nitrogens is 5. The molecule has 61 heavy (non-hydrogen) atoms. The molecule has 1 atom stereocenters. The average Bonchev–Trinajstić information content (AvgIpc) is 4.02. The number of anilines is 2. The number of nitriles is 1. The van der Waals surface area contributed by atoms with E-state index in [2.05, 4.69) is 42.1 Å². The number of piperidine rings is 2. The highest BCUT2D eigenvalue weighted by Gasteiger charge is 2.41. The van der Waals surface area contributed by atoms with E-state index in [9.17, 15) is 24.4 Å². The molecule has 1 saturated carbocycles. The minimum atomic E-state index is -0.713. The maximum absolute atomic E-state index is 13.6. The molecule has 2 aromatic carbocycles. The number of amides is 4. The van der Waals surface area contributed by atoms with Gasteiger partial charge in [-0.1, -0.05) is 29.5 Å². The van der Waals surface area contributed by atoms with Gasteiger partial charge in [0.2, 0.25) is 17.7 Å². The first-order valence-corrected chi connectivity index (χ1v) is 21.7. The summed E-state index contributed by atoms with van der Waals surface area (Å²) in [5, 5.41) is 32.0. The molecule has 4 aliphatic rings. The fourth-order valence-corrected chi connectivity index (χ4v) is 10.6. The Morgan fingerprint density at radius 1 is 0.951 bits per heavy atom. The lowest BCUT2D eigenvalue weighted by molar-refractivity contribution is -0.134. The molecular formula is C45H43N11O4S. The van der Waals surface area contributed by atoms with Crippen molar-refractivity contribution >= 4 is 68.1 Å². The zero-order valence-electron chi connectivity index (χ0n) is 33.6. The molecule has 2 saturated heterocycles. The fourth-order valence-electron chi connectivity index (χ4n) is 9.57. The quantitative estimate of drug-likeness (QED) is 0.149. The Hall–Kier alpha value is -6.57. The van der Waals surface area contributed by atoms with E-state index in [1.54, 1.807) is 22.4 Å². The van der Waals surface area contributed by atoms with E-state index in [0.29, 0.717) is 35.6 Å². The number of carbonyl (C=O) groups is 4. The van der Waals surface area contributed by atoms with Gasteiger partial charge in [-0.15, -0.1) is 10.2 Å². The molecule has 0 bridgehead atoms. The van der Waals surface area contributed by atoms with E-state index < -0.39 is 11.9 Å². The van der Waals surface area contributed by atoms with Crippen LogP contribution in [0, 0.1) is 17.2 Å². The SMILES string of the molecule is CNc1cc(-n2ccc3cc(C#N)cnc32)ncc1-c1nnc(C2CCC(NC(=O)C3CCN(Cc4ccc5c6c(cccc46)C(=O)N5C4CCC(=O)NC4=O)CC3)CC2)s1. The highest BCUT2D eigenvalue weighted by atomic mass is 32.1. The van der Waals surface area contributed by atoms with E-state index in [-0.39, 0.29) is 42.0 Å². The number of rotatable bonds is 9. The van der Waals surface area contributed by atoms with Crippen molar-refractivity contribution in [3.63, 3.8) is 0 Å².